The second-order valence-electron chi connectivity index (χ2n) is 3.79. The van der Waals surface area contributed by atoms with Gasteiger partial charge in [-0.1, -0.05) is 5.92 Å². The second kappa shape index (κ2) is 6.02. The van der Waals surface area contributed by atoms with Crippen LogP contribution in [-0.2, 0) is 4.74 Å². The molecule has 0 spiro atoms. The average Bonchev–Trinajstić information content (AvgIpc) is 2.59. The lowest BCUT2D eigenvalue weighted by atomic mass is 10.1. The third-order valence-corrected chi connectivity index (χ3v) is 2.77. The summed E-state index contributed by atoms with van der Waals surface area (Å²) in [5.41, 5.74) is 0. The number of nitrogens with one attached hydrogen (secondary N) is 1. The van der Waals surface area contributed by atoms with Gasteiger partial charge in [0.2, 0.25) is 0 Å². The van der Waals surface area contributed by atoms with E-state index in [2.05, 4.69) is 30.1 Å². The largest absolute Gasteiger partial charge is 0.377 e. The van der Waals surface area contributed by atoms with Crippen LogP contribution in [0.4, 0.5) is 0 Å². The maximum absolute atomic E-state index is 5.52. The Kier molecular flexibility index (Phi) is 4.95. The van der Waals surface area contributed by atoms with Gasteiger partial charge >= 0.3 is 0 Å². The fourth-order valence-electron chi connectivity index (χ4n) is 1.88. The van der Waals surface area contributed by atoms with Crippen LogP contribution < -0.4 is 5.32 Å². The SMILES string of the molecule is C#CCNCCN(C)C1CCOC1C. The van der Waals surface area contributed by atoms with E-state index in [4.69, 9.17) is 11.2 Å². The molecule has 1 N–H and O–H groups in total. The topological polar surface area (TPSA) is 24.5 Å². The molecular formula is C11H20N2O. The zero-order chi connectivity index (χ0) is 10.4. The average molecular weight is 196 g/mol. The van der Waals surface area contributed by atoms with Crippen LogP contribution in [0, 0.1) is 12.3 Å². The van der Waals surface area contributed by atoms with Crippen LogP contribution in [0.3, 0.4) is 0 Å². The summed E-state index contributed by atoms with van der Waals surface area (Å²) >= 11 is 0. The van der Waals surface area contributed by atoms with Gasteiger partial charge in [-0.25, -0.2) is 0 Å². The van der Waals surface area contributed by atoms with E-state index in [0.717, 1.165) is 26.1 Å². The third kappa shape index (κ3) is 3.30. The van der Waals surface area contributed by atoms with Gasteiger partial charge in [0.1, 0.15) is 0 Å². The maximum atomic E-state index is 5.52. The number of nitrogens with zero attached hydrogens (tertiary/aromatic N) is 1. The Hall–Kier alpha value is -0.560. The van der Waals surface area contributed by atoms with E-state index in [1.807, 2.05) is 0 Å². The van der Waals surface area contributed by atoms with Gasteiger partial charge in [0.15, 0.2) is 0 Å². The minimum Gasteiger partial charge on any atom is -0.377 e. The monoisotopic (exact) mass is 196 g/mol. The number of ether oxygens (including phenoxy) is 1. The molecule has 0 aromatic carbocycles. The molecule has 1 rings (SSSR count). The third-order valence-electron chi connectivity index (χ3n) is 2.77. The second-order valence-corrected chi connectivity index (χ2v) is 3.79. The molecule has 0 aliphatic carbocycles. The standard InChI is InChI=1S/C11H20N2O/c1-4-6-12-7-8-13(3)11-5-9-14-10(11)2/h1,10-12H,5-9H2,2-3H3. The van der Waals surface area contributed by atoms with Crippen LogP contribution in [0.25, 0.3) is 0 Å². The molecule has 3 nitrogen and oxygen atoms in total. The van der Waals surface area contributed by atoms with E-state index >= 15 is 0 Å². The van der Waals surface area contributed by atoms with Crippen LogP contribution in [0.15, 0.2) is 0 Å². The highest BCUT2D eigenvalue weighted by molar-refractivity contribution is 4.87. The predicted octanol–water partition coefficient (Wildman–Crippen LogP) is 0.318. The van der Waals surface area contributed by atoms with Crippen LogP contribution in [0.5, 0.6) is 0 Å². The number of hydrogen-bond acceptors (Lipinski definition) is 3. The summed E-state index contributed by atoms with van der Waals surface area (Å²) in [7, 11) is 2.15. The zero-order valence-electron chi connectivity index (χ0n) is 9.12. The first-order chi connectivity index (χ1) is 6.75. The van der Waals surface area contributed by atoms with Gasteiger partial charge in [-0.2, -0.15) is 0 Å². The zero-order valence-corrected chi connectivity index (χ0v) is 9.12. The number of likely N-dealkylation sites (N-methyl/N-ethyl adjacent to an activating group) is 1. The van der Waals surface area contributed by atoms with Crippen molar-refractivity contribution in [2.45, 2.75) is 25.5 Å². The lowest BCUT2D eigenvalue weighted by Crippen LogP contribution is -2.40. The molecule has 1 saturated heterocycles. The molecule has 14 heavy (non-hydrogen) atoms. The molecule has 1 fully saturated rings. The first-order valence-corrected chi connectivity index (χ1v) is 5.21. The Bertz CT molecular complexity index is 200. The molecule has 1 aliphatic rings. The summed E-state index contributed by atoms with van der Waals surface area (Å²) < 4.78 is 5.52. The number of terminal acetylenes is 1. The molecule has 1 aliphatic heterocycles. The van der Waals surface area contributed by atoms with Crippen LogP contribution >= 0.6 is 0 Å². The van der Waals surface area contributed by atoms with Crippen LogP contribution in [0.2, 0.25) is 0 Å². The lowest BCUT2D eigenvalue weighted by molar-refractivity contribution is 0.0841. The quantitative estimate of drug-likeness (QED) is 0.506. The summed E-state index contributed by atoms with van der Waals surface area (Å²) in [5.74, 6) is 2.57. The Morgan fingerprint density at radius 1 is 1.64 bits per heavy atom. The van der Waals surface area contributed by atoms with Gasteiger partial charge in [-0.15, -0.1) is 6.42 Å². The molecule has 80 valence electrons. The summed E-state index contributed by atoms with van der Waals surface area (Å²) in [6, 6.07) is 0.572. The van der Waals surface area contributed by atoms with Crippen molar-refractivity contribution < 1.29 is 4.74 Å². The Balaban J connectivity index is 2.14. The van der Waals surface area contributed by atoms with Gasteiger partial charge in [-0.3, -0.25) is 4.90 Å². The predicted molar refractivity (Wildman–Crippen MR) is 58.2 cm³/mol. The molecule has 2 unspecified atom stereocenters. The molecule has 0 aromatic rings. The van der Waals surface area contributed by atoms with E-state index in [1.165, 1.54) is 0 Å². The molecule has 0 aromatic heterocycles. The number of hydrogen-bond donors (Lipinski definition) is 1. The Morgan fingerprint density at radius 2 is 2.43 bits per heavy atom. The van der Waals surface area contributed by atoms with Gasteiger partial charge in [0.25, 0.3) is 0 Å². The van der Waals surface area contributed by atoms with E-state index in [1.54, 1.807) is 0 Å². The molecule has 2 atom stereocenters. The summed E-state index contributed by atoms with van der Waals surface area (Å²) in [6.45, 7) is 5.67. The normalized spacial score (nSPS) is 26.7. The molecule has 0 radical (unpaired) electrons. The van der Waals surface area contributed by atoms with E-state index < -0.39 is 0 Å². The van der Waals surface area contributed by atoms with Crippen LogP contribution in [-0.4, -0.2) is 50.3 Å². The van der Waals surface area contributed by atoms with Crippen LogP contribution in [0.1, 0.15) is 13.3 Å². The molecule has 3 heteroatoms. The van der Waals surface area contributed by atoms with Crippen molar-refractivity contribution in [3.8, 4) is 12.3 Å². The maximum Gasteiger partial charge on any atom is 0.0702 e. The fraction of sp³-hybridized carbons (Fsp3) is 0.818. The van der Waals surface area contributed by atoms with Crippen molar-refractivity contribution in [1.29, 1.82) is 0 Å². The van der Waals surface area contributed by atoms with Gasteiger partial charge in [-0.05, 0) is 20.4 Å². The van der Waals surface area contributed by atoms with Gasteiger partial charge in [0.05, 0.1) is 12.6 Å². The first kappa shape index (κ1) is 11.5. The smallest absolute Gasteiger partial charge is 0.0702 e. The number of rotatable bonds is 5. The van der Waals surface area contributed by atoms with Crippen molar-refractivity contribution in [2.24, 2.45) is 0 Å². The molecule has 0 amide bonds. The minimum absolute atomic E-state index is 0.368. The minimum atomic E-state index is 0.368. The van der Waals surface area contributed by atoms with E-state index in [0.29, 0.717) is 18.7 Å². The summed E-state index contributed by atoms with van der Waals surface area (Å²) in [4.78, 5) is 2.35. The highest BCUT2D eigenvalue weighted by atomic mass is 16.5. The summed E-state index contributed by atoms with van der Waals surface area (Å²) in [5, 5.41) is 3.19. The van der Waals surface area contributed by atoms with Crippen molar-refractivity contribution >= 4 is 0 Å². The summed E-state index contributed by atoms with van der Waals surface area (Å²) in [6.07, 6.45) is 6.66. The van der Waals surface area contributed by atoms with E-state index in [9.17, 15) is 0 Å². The van der Waals surface area contributed by atoms with Crippen molar-refractivity contribution in [2.75, 3.05) is 33.3 Å². The van der Waals surface area contributed by atoms with Crippen molar-refractivity contribution in [1.82, 2.24) is 10.2 Å². The van der Waals surface area contributed by atoms with Crippen molar-refractivity contribution in [3.05, 3.63) is 0 Å². The first-order valence-electron chi connectivity index (χ1n) is 5.21. The van der Waals surface area contributed by atoms with Gasteiger partial charge in [0, 0.05) is 25.7 Å². The Labute approximate surface area is 86.8 Å². The molecule has 1 heterocycles. The van der Waals surface area contributed by atoms with E-state index in [-0.39, 0.29) is 0 Å². The van der Waals surface area contributed by atoms with Crippen molar-refractivity contribution in [3.63, 3.8) is 0 Å². The molecule has 0 bridgehead atoms. The lowest BCUT2D eigenvalue weighted by Gasteiger charge is -2.26. The highest BCUT2D eigenvalue weighted by Crippen LogP contribution is 2.17. The van der Waals surface area contributed by atoms with Gasteiger partial charge < -0.3 is 10.1 Å². The molecular weight excluding hydrogens is 176 g/mol. The molecule has 0 saturated carbocycles. The fourth-order valence-corrected chi connectivity index (χ4v) is 1.88. The Morgan fingerprint density at radius 3 is 3.00 bits per heavy atom. The highest BCUT2D eigenvalue weighted by Gasteiger charge is 2.27.